The van der Waals surface area contributed by atoms with Gasteiger partial charge in [-0.15, -0.1) is 0 Å². The molecule has 2 atom stereocenters. The van der Waals surface area contributed by atoms with E-state index < -0.39 is 6.04 Å². The summed E-state index contributed by atoms with van der Waals surface area (Å²) in [4.78, 5) is 0. The molecule has 0 amide bonds. The maximum atomic E-state index is 13.8. The fraction of sp³-hybridized carbons (Fsp3) is 0.400. The Kier molecular flexibility index (Phi) is 4.94. The largest absolute Gasteiger partial charge is 0.324 e. The van der Waals surface area contributed by atoms with Crippen LogP contribution in [-0.2, 0) is 6.42 Å². The molecule has 2 N–H and O–H groups in total. The van der Waals surface area contributed by atoms with Crippen molar-refractivity contribution in [3.8, 4) is 0 Å². The van der Waals surface area contributed by atoms with Crippen LogP contribution in [0.1, 0.15) is 43.6 Å². The second-order valence-corrected chi connectivity index (χ2v) is 5.94. The number of benzene rings is 1. The minimum absolute atomic E-state index is 0.276. The first-order valence-corrected chi connectivity index (χ1v) is 7.55. The zero-order chi connectivity index (χ0) is 14.7. The highest BCUT2D eigenvalue weighted by Crippen LogP contribution is 2.23. The summed E-state index contributed by atoms with van der Waals surface area (Å²) in [5.41, 5.74) is 7.50. The van der Waals surface area contributed by atoms with Gasteiger partial charge in [0.25, 0.3) is 0 Å². The monoisotopic (exact) mass is 339 g/mol. The molecule has 3 nitrogen and oxygen atoms in total. The molecular weight excluding hydrogens is 321 g/mol. The third kappa shape index (κ3) is 3.46. The van der Waals surface area contributed by atoms with Gasteiger partial charge >= 0.3 is 0 Å². The Morgan fingerprint density at radius 2 is 2.15 bits per heavy atom. The van der Waals surface area contributed by atoms with Crippen molar-refractivity contribution in [2.24, 2.45) is 5.73 Å². The Labute approximate surface area is 127 Å². The number of halogens is 2. The van der Waals surface area contributed by atoms with Crippen LogP contribution in [0.15, 0.2) is 34.9 Å². The van der Waals surface area contributed by atoms with Crippen molar-refractivity contribution in [1.29, 1.82) is 0 Å². The summed E-state index contributed by atoms with van der Waals surface area (Å²) < 4.78 is 16.5. The van der Waals surface area contributed by atoms with Crippen LogP contribution in [0.2, 0.25) is 0 Å². The Morgan fingerprint density at radius 3 is 2.85 bits per heavy atom. The van der Waals surface area contributed by atoms with Gasteiger partial charge in [-0.25, -0.2) is 4.39 Å². The molecule has 0 aliphatic rings. The standard InChI is InChI=1S/C15H19BrFN3/c1-3-10(2)20-7-6-12(19-20)9-15(18)13-8-11(16)4-5-14(13)17/h4-8,10,15H,3,9,18H2,1-2H3. The third-order valence-corrected chi connectivity index (χ3v) is 3.99. The van der Waals surface area contributed by atoms with Gasteiger partial charge in [-0.3, -0.25) is 4.68 Å². The van der Waals surface area contributed by atoms with E-state index in [0.29, 0.717) is 18.0 Å². The summed E-state index contributed by atoms with van der Waals surface area (Å²) in [7, 11) is 0. The first-order valence-electron chi connectivity index (χ1n) is 6.75. The lowest BCUT2D eigenvalue weighted by atomic mass is 10.0. The number of hydrogen-bond donors (Lipinski definition) is 1. The fourth-order valence-corrected chi connectivity index (χ4v) is 2.43. The maximum absolute atomic E-state index is 13.8. The first-order chi connectivity index (χ1) is 9.51. The van der Waals surface area contributed by atoms with E-state index >= 15 is 0 Å². The van der Waals surface area contributed by atoms with Crippen molar-refractivity contribution in [2.45, 2.75) is 38.8 Å². The quantitative estimate of drug-likeness (QED) is 0.894. The van der Waals surface area contributed by atoms with E-state index in [9.17, 15) is 4.39 Å². The Bertz CT molecular complexity index is 582. The normalized spacial score (nSPS) is 14.2. The van der Waals surface area contributed by atoms with Gasteiger partial charge in [-0.2, -0.15) is 5.10 Å². The summed E-state index contributed by atoms with van der Waals surface area (Å²) in [6.45, 7) is 4.24. The topological polar surface area (TPSA) is 43.8 Å². The number of hydrogen-bond acceptors (Lipinski definition) is 2. The summed E-state index contributed by atoms with van der Waals surface area (Å²) in [6, 6.07) is 6.74. The van der Waals surface area contributed by atoms with Gasteiger partial charge in [0.2, 0.25) is 0 Å². The van der Waals surface area contributed by atoms with Crippen LogP contribution in [0, 0.1) is 5.82 Å². The van der Waals surface area contributed by atoms with E-state index in [0.717, 1.165) is 16.6 Å². The Hall–Kier alpha value is -1.20. The Morgan fingerprint density at radius 1 is 1.40 bits per heavy atom. The minimum atomic E-state index is -0.396. The van der Waals surface area contributed by atoms with Crippen LogP contribution in [0.3, 0.4) is 0 Å². The lowest BCUT2D eigenvalue weighted by Crippen LogP contribution is -2.16. The van der Waals surface area contributed by atoms with Gasteiger partial charge in [0.05, 0.1) is 5.69 Å². The summed E-state index contributed by atoms with van der Waals surface area (Å²) in [5, 5.41) is 4.50. The molecule has 0 aliphatic heterocycles. The van der Waals surface area contributed by atoms with E-state index in [1.807, 2.05) is 16.9 Å². The number of rotatable bonds is 5. The molecule has 2 rings (SSSR count). The van der Waals surface area contributed by atoms with E-state index in [1.54, 1.807) is 12.1 Å². The minimum Gasteiger partial charge on any atom is -0.324 e. The zero-order valence-electron chi connectivity index (χ0n) is 11.7. The van der Waals surface area contributed by atoms with Crippen molar-refractivity contribution in [1.82, 2.24) is 9.78 Å². The fourth-order valence-electron chi connectivity index (χ4n) is 2.05. The lowest BCUT2D eigenvalue weighted by Gasteiger charge is -2.12. The van der Waals surface area contributed by atoms with Crippen LogP contribution < -0.4 is 5.73 Å². The van der Waals surface area contributed by atoms with Gasteiger partial charge in [-0.1, -0.05) is 22.9 Å². The highest BCUT2D eigenvalue weighted by Gasteiger charge is 2.14. The highest BCUT2D eigenvalue weighted by molar-refractivity contribution is 9.10. The van der Waals surface area contributed by atoms with Crippen molar-refractivity contribution >= 4 is 15.9 Å². The molecule has 0 radical (unpaired) electrons. The number of aromatic nitrogens is 2. The van der Waals surface area contributed by atoms with E-state index in [1.165, 1.54) is 6.07 Å². The molecule has 0 bridgehead atoms. The third-order valence-electron chi connectivity index (χ3n) is 3.49. The van der Waals surface area contributed by atoms with Gasteiger partial charge in [0.1, 0.15) is 5.82 Å². The molecule has 0 aliphatic carbocycles. The van der Waals surface area contributed by atoms with Crippen molar-refractivity contribution in [2.75, 3.05) is 0 Å². The summed E-state index contributed by atoms with van der Waals surface area (Å²) in [6.07, 6.45) is 3.50. The van der Waals surface area contributed by atoms with Crippen LogP contribution in [0.4, 0.5) is 4.39 Å². The molecule has 1 aromatic carbocycles. The van der Waals surface area contributed by atoms with E-state index in [4.69, 9.17) is 5.73 Å². The molecule has 1 heterocycles. The summed E-state index contributed by atoms with van der Waals surface area (Å²) in [5.74, 6) is -0.276. The number of nitrogens with zero attached hydrogens (tertiary/aromatic N) is 2. The van der Waals surface area contributed by atoms with Gasteiger partial charge in [0.15, 0.2) is 0 Å². The molecule has 0 saturated carbocycles. The van der Waals surface area contributed by atoms with E-state index in [2.05, 4.69) is 34.9 Å². The molecule has 0 spiro atoms. The van der Waals surface area contributed by atoms with E-state index in [-0.39, 0.29) is 5.82 Å². The molecule has 5 heteroatoms. The molecule has 0 saturated heterocycles. The zero-order valence-corrected chi connectivity index (χ0v) is 13.3. The van der Waals surface area contributed by atoms with Crippen molar-refractivity contribution in [3.05, 3.63) is 52.0 Å². The van der Waals surface area contributed by atoms with Crippen LogP contribution in [-0.4, -0.2) is 9.78 Å². The first kappa shape index (κ1) is 15.2. The lowest BCUT2D eigenvalue weighted by molar-refractivity contribution is 0.471. The van der Waals surface area contributed by atoms with Crippen LogP contribution in [0.25, 0.3) is 0 Å². The highest BCUT2D eigenvalue weighted by atomic mass is 79.9. The van der Waals surface area contributed by atoms with Gasteiger partial charge in [-0.05, 0) is 37.6 Å². The van der Waals surface area contributed by atoms with Crippen LogP contribution in [0.5, 0.6) is 0 Å². The van der Waals surface area contributed by atoms with Crippen molar-refractivity contribution < 1.29 is 4.39 Å². The maximum Gasteiger partial charge on any atom is 0.128 e. The Balaban J connectivity index is 2.13. The second-order valence-electron chi connectivity index (χ2n) is 5.02. The molecule has 2 aromatic rings. The molecule has 0 fully saturated rings. The SMILES string of the molecule is CCC(C)n1ccc(CC(N)c2cc(Br)ccc2F)n1. The summed E-state index contributed by atoms with van der Waals surface area (Å²) >= 11 is 3.34. The smallest absolute Gasteiger partial charge is 0.128 e. The molecule has 20 heavy (non-hydrogen) atoms. The molecular formula is C15H19BrFN3. The molecule has 2 unspecified atom stereocenters. The average Bonchev–Trinajstić information content (AvgIpc) is 2.89. The molecule has 1 aromatic heterocycles. The second kappa shape index (κ2) is 6.50. The van der Waals surface area contributed by atoms with Gasteiger partial charge in [0, 0.05) is 34.7 Å². The number of nitrogens with two attached hydrogens (primary N) is 1. The van der Waals surface area contributed by atoms with Gasteiger partial charge < -0.3 is 5.73 Å². The predicted octanol–water partition coefficient (Wildman–Crippen LogP) is 4.00. The average molecular weight is 340 g/mol. The predicted molar refractivity (Wildman–Crippen MR) is 82.0 cm³/mol. The van der Waals surface area contributed by atoms with Crippen LogP contribution >= 0.6 is 15.9 Å². The van der Waals surface area contributed by atoms with Crippen molar-refractivity contribution in [3.63, 3.8) is 0 Å². The molecule has 108 valence electrons.